The normalized spacial score (nSPS) is 11.7. The Hall–Kier alpha value is -4.41. The summed E-state index contributed by atoms with van der Waals surface area (Å²) in [7, 11) is -3.27. The number of azo groups is 2. The molecular formula is C30H26N6NiO7S2. The van der Waals surface area contributed by atoms with Crippen LogP contribution in [0, 0.1) is 6.92 Å². The van der Waals surface area contributed by atoms with E-state index < -0.39 is 26.5 Å². The van der Waals surface area contributed by atoms with Gasteiger partial charge in [0.1, 0.15) is 22.0 Å². The first-order valence-corrected chi connectivity index (χ1v) is 15.3. The number of hydroxylamine groups is 1. The molecule has 0 amide bonds. The second-order valence-electron chi connectivity index (χ2n) is 9.43. The molecule has 240 valence electrons. The van der Waals surface area contributed by atoms with Crippen molar-refractivity contribution in [1.82, 2.24) is 5.48 Å². The molecule has 0 radical (unpaired) electrons. The Morgan fingerprint density at radius 1 is 0.804 bits per heavy atom. The second-order valence-corrected chi connectivity index (χ2v) is 11.6. The average Bonchev–Trinajstić information content (AvgIpc) is 3.02. The summed E-state index contributed by atoms with van der Waals surface area (Å²) in [5, 5.41) is 41.7. The van der Waals surface area contributed by atoms with Crippen LogP contribution in [0.25, 0.3) is 10.8 Å². The van der Waals surface area contributed by atoms with Gasteiger partial charge in [0.05, 0.1) is 23.4 Å². The first-order chi connectivity index (χ1) is 21.6. The van der Waals surface area contributed by atoms with Crippen molar-refractivity contribution in [3.8, 4) is 11.5 Å². The number of nitrogens with zero attached hydrogens (tertiary/aromatic N) is 4. The molecule has 13 nitrogen and oxygen atoms in total. The maximum atomic E-state index is 12.3. The molecule has 46 heavy (non-hydrogen) atoms. The van der Waals surface area contributed by atoms with E-state index in [0.29, 0.717) is 28.0 Å². The number of hydrogen-bond donors (Lipinski definition) is 5. The molecule has 0 aliphatic carbocycles. The van der Waals surface area contributed by atoms with Crippen LogP contribution in [-0.2, 0) is 35.9 Å². The molecule has 0 aromatic heterocycles. The first-order valence-electron chi connectivity index (χ1n) is 13.2. The summed E-state index contributed by atoms with van der Waals surface area (Å²) in [6.45, 7) is 1.71. The molecule has 0 fully saturated rings. The number of para-hydroxylation sites is 1. The van der Waals surface area contributed by atoms with Crippen LogP contribution in [0.3, 0.4) is 0 Å². The van der Waals surface area contributed by atoms with Gasteiger partial charge in [0.15, 0.2) is 5.75 Å². The van der Waals surface area contributed by atoms with Gasteiger partial charge in [-0.3, -0.25) is 4.55 Å². The Labute approximate surface area is 278 Å². The summed E-state index contributed by atoms with van der Waals surface area (Å²) < 4.78 is 39.4. The number of phenols is 2. The molecule has 16 heteroatoms. The van der Waals surface area contributed by atoms with E-state index in [9.17, 15) is 23.2 Å². The zero-order valence-corrected chi connectivity index (χ0v) is 26.7. The van der Waals surface area contributed by atoms with Crippen LogP contribution < -0.4 is 10.8 Å². The number of nitrogens with one attached hydrogen (secondary N) is 2. The van der Waals surface area contributed by atoms with Crippen molar-refractivity contribution in [3.05, 3.63) is 96.6 Å². The summed E-state index contributed by atoms with van der Waals surface area (Å²) in [6.07, 6.45) is 0. The molecule has 0 unspecified atom stereocenters. The van der Waals surface area contributed by atoms with Gasteiger partial charge in [-0.2, -0.15) is 24.1 Å². The van der Waals surface area contributed by atoms with Crippen LogP contribution >= 0.6 is 12.0 Å². The first kappa shape index (κ1) is 34.5. The van der Waals surface area contributed by atoms with Gasteiger partial charge in [-0.25, -0.2) is 0 Å². The molecule has 5 rings (SSSR count). The maximum Gasteiger partial charge on any atom is 0.296 e. The minimum Gasteiger partial charge on any atom is -0.506 e. The van der Waals surface area contributed by atoms with E-state index in [1.165, 1.54) is 18.2 Å². The fourth-order valence-electron chi connectivity index (χ4n) is 4.14. The molecule has 0 aliphatic rings. The van der Waals surface area contributed by atoms with Gasteiger partial charge in [0, 0.05) is 51.3 Å². The number of rotatable bonds is 11. The summed E-state index contributed by atoms with van der Waals surface area (Å²) in [5.74, 6) is -0.834. The summed E-state index contributed by atoms with van der Waals surface area (Å²) in [4.78, 5) is 4.71. The van der Waals surface area contributed by atoms with Crippen molar-refractivity contribution in [2.45, 2.75) is 16.7 Å². The number of aryl methyl sites for hydroxylation is 1. The third-order valence-corrected chi connectivity index (χ3v) is 7.77. The Balaban J connectivity index is 0.00000480. The van der Waals surface area contributed by atoms with Gasteiger partial charge in [0.25, 0.3) is 10.1 Å². The fraction of sp³-hybridized carbons (Fsp3) is 0.0667. The van der Waals surface area contributed by atoms with Gasteiger partial charge < -0.3 is 15.5 Å². The second kappa shape index (κ2) is 15.3. The van der Waals surface area contributed by atoms with E-state index in [-0.39, 0.29) is 33.3 Å². The zero-order chi connectivity index (χ0) is 32.0. The number of hydrogen-bond acceptors (Lipinski definition) is 13. The Kier molecular flexibility index (Phi) is 11.4. The van der Waals surface area contributed by atoms with Crippen LogP contribution in [0.1, 0.15) is 5.56 Å². The van der Waals surface area contributed by atoms with E-state index >= 15 is 0 Å². The number of phenolic OH excluding ortho intramolecular Hbond substituents is 2. The van der Waals surface area contributed by atoms with Crippen molar-refractivity contribution in [1.29, 1.82) is 0 Å². The number of aromatic hydroxyl groups is 2. The molecule has 0 bridgehead atoms. The van der Waals surface area contributed by atoms with Crippen LogP contribution in [-0.4, -0.2) is 30.2 Å². The van der Waals surface area contributed by atoms with Crippen molar-refractivity contribution >= 4 is 67.1 Å². The van der Waals surface area contributed by atoms with Gasteiger partial charge in [-0.15, -0.1) is 19.6 Å². The van der Waals surface area contributed by atoms with Crippen molar-refractivity contribution in [2.75, 3.05) is 12.4 Å². The molecule has 0 saturated carbocycles. The SMILES string of the molecule is CNOOSc1ccc(N=Nc2cc(O)c(N=Nc3c(S(=O)(=O)O)cc4cc(Nc5ccccc5)ccc4c3O)cc2C)cc1.[Ni]. The molecule has 0 aliphatic heterocycles. The molecule has 0 heterocycles. The molecule has 0 saturated heterocycles. The minimum atomic E-state index is -4.83. The van der Waals surface area contributed by atoms with E-state index in [2.05, 4.69) is 36.2 Å². The van der Waals surface area contributed by atoms with Crippen LogP contribution in [0.15, 0.2) is 121 Å². The fourth-order valence-corrected chi connectivity index (χ4v) is 5.23. The molecular weight excluding hydrogens is 679 g/mol. The van der Waals surface area contributed by atoms with Crippen molar-refractivity contribution < 1.29 is 49.0 Å². The minimum absolute atomic E-state index is 0. The maximum absolute atomic E-state index is 12.3. The van der Waals surface area contributed by atoms with Gasteiger partial charge in [-0.1, -0.05) is 18.2 Å². The quantitative estimate of drug-likeness (QED) is 0.0170. The van der Waals surface area contributed by atoms with Crippen LogP contribution in [0.4, 0.5) is 34.1 Å². The predicted octanol–water partition coefficient (Wildman–Crippen LogP) is 8.47. The Morgan fingerprint density at radius 3 is 2.22 bits per heavy atom. The average molecular weight is 705 g/mol. The molecule has 5 aromatic carbocycles. The van der Waals surface area contributed by atoms with Gasteiger partial charge in [-0.05, 0) is 84.6 Å². The topological polar surface area (TPSA) is 187 Å². The van der Waals surface area contributed by atoms with E-state index in [1.54, 1.807) is 56.4 Å². The molecule has 0 spiro atoms. The van der Waals surface area contributed by atoms with Crippen molar-refractivity contribution in [3.63, 3.8) is 0 Å². The standard InChI is InChI=1S/C30H26N6O7S2.Ni/c1-18-14-26(27(37)17-25(18)34-33-21-8-11-23(12-9-21)44-43-42-31-2)35-36-29-28(45(39,40)41)16-19-15-22(10-13-24(19)30(29)38)32-20-6-4-3-5-7-20;/h3-17,31-32,37-38H,1-2H3,(H,39,40,41);. The third kappa shape index (κ3) is 8.44. The summed E-state index contributed by atoms with van der Waals surface area (Å²) >= 11 is 1.01. The van der Waals surface area contributed by atoms with Gasteiger partial charge in [0.2, 0.25) is 0 Å². The third-order valence-electron chi connectivity index (χ3n) is 6.30. The van der Waals surface area contributed by atoms with Gasteiger partial charge >= 0.3 is 0 Å². The Morgan fingerprint density at radius 2 is 1.52 bits per heavy atom. The van der Waals surface area contributed by atoms with Crippen molar-refractivity contribution in [2.24, 2.45) is 20.5 Å². The monoisotopic (exact) mass is 704 g/mol. The number of fused-ring (bicyclic) bond motifs is 1. The smallest absolute Gasteiger partial charge is 0.296 e. The zero-order valence-electron chi connectivity index (χ0n) is 24.1. The number of anilines is 2. The molecule has 5 aromatic rings. The van der Waals surface area contributed by atoms with E-state index in [1.807, 2.05) is 30.3 Å². The Bertz CT molecular complexity index is 2010. The molecule has 5 N–H and O–H groups in total. The van der Waals surface area contributed by atoms with E-state index in [0.717, 1.165) is 22.6 Å². The predicted molar refractivity (Wildman–Crippen MR) is 170 cm³/mol. The largest absolute Gasteiger partial charge is 0.506 e. The van der Waals surface area contributed by atoms with E-state index in [4.69, 9.17) is 4.33 Å². The summed E-state index contributed by atoms with van der Waals surface area (Å²) in [6, 6.07) is 25.2. The van der Waals surface area contributed by atoms with Crippen LogP contribution in [0.2, 0.25) is 0 Å². The molecule has 0 atom stereocenters. The van der Waals surface area contributed by atoms with Crippen LogP contribution in [0.5, 0.6) is 11.5 Å². The number of benzene rings is 5. The summed E-state index contributed by atoms with van der Waals surface area (Å²) in [5.41, 5.74) is 4.77.